The Balaban J connectivity index is 2.46. The van der Waals surface area contributed by atoms with Crippen LogP contribution in [0, 0.1) is 0 Å². The summed E-state index contributed by atoms with van der Waals surface area (Å²) >= 11 is 0. The minimum Gasteiger partial charge on any atom is -0.383 e. The molecule has 2 atom stereocenters. The first-order valence-electron chi connectivity index (χ1n) is 6.94. The van der Waals surface area contributed by atoms with Crippen LogP contribution in [0.5, 0.6) is 0 Å². The summed E-state index contributed by atoms with van der Waals surface area (Å²) in [4.78, 5) is 11.1. The molecule has 1 aromatic rings. The summed E-state index contributed by atoms with van der Waals surface area (Å²) in [5.41, 5.74) is 7.15. The molecule has 1 aliphatic rings. The van der Waals surface area contributed by atoms with Gasteiger partial charge < -0.3 is 10.6 Å². The van der Waals surface area contributed by atoms with Gasteiger partial charge in [0.1, 0.15) is 18.0 Å². The van der Waals surface area contributed by atoms with Gasteiger partial charge >= 0.3 is 0 Å². The Hall–Kier alpha value is -1.32. The molecule has 0 aliphatic carbocycles. The fourth-order valence-electron chi connectivity index (χ4n) is 3.01. The smallest absolute Gasteiger partial charge is 0.138 e. The average molecular weight is 248 g/mol. The molecule has 2 unspecified atom stereocenters. The van der Waals surface area contributed by atoms with Gasteiger partial charge in [0, 0.05) is 17.6 Å². The fraction of sp³-hybridized carbons (Fsp3) is 0.714. The van der Waals surface area contributed by atoms with Crippen molar-refractivity contribution in [3.05, 3.63) is 11.9 Å². The van der Waals surface area contributed by atoms with Crippen LogP contribution in [-0.2, 0) is 0 Å². The van der Waals surface area contributed by atoms with Gasteiger partial charge in [-0.3, -0.25) is 0 Å². The van der Waals surface area contributed by atoms with E-state index < -0.39 is 0 Å². The maximum Gasteiger partial charge on any atom is 0.138 e. The first-order chi connectivity index (χ1) is 8.56. The number of nitrogen functional groups attached to an aromatic ring is 1. The monoisotopic (exact) mass is 248 g/mol. The summed E-state index contributed by atoms with van der Waals surface area (Å²) in [5, 5.41) is 0. The van der Waals surface area contributed by atoms with E-state index in [2.05, 4.69) is 42.6 Å². The van der Waals surface area contributed by atoms with Crippen molar-refractivity contribution in [1.29, 1.82) is 0 Å². The zero-order chi connectivity index (χ0) is 13.3. The first kappa shape index (κ1) is 13.1. The minimum atomic E-state index is 0.353. The van der Waals surface area contributed by atoms with Crippen LogP contribution >= 0.6 is 0 Å². The summed E-state index contributed by atoms with van der Waals surface area (Å²) in [6.45, 7) is 8.83. The molecule has 0 spiro atoms. The van der Waals surface area contributed by atoms with Gasteiger partial charge in [-0.05, 0) is 32.1 Å². The van der Waals surface area contributed by atoms with Crippen molar-refractivity contribution in [1.82, 2.24) is 9.97 Å². The lowest BCUT2D eigenvalue weighted by atomic mass is 10.0. The summed E-state index contributed by atoms with van der Waals surface area (Å²) in [5.74, 6) is 2.03. The van der Waals surface area contributed by atoms with E-state index in [1.807, 2.05) is 0 Å². The molecule has 1 saturated heterocycles. The van der Waals surface area contributed by atoms with E-state index in [9.17, 15) is 0 Å². The van der Waals surface area contributed by atoms with Crippen molar-refractivity contribution in [3.63, 3.8) is 0 Å². The van der Waals surface area contributed by atoms with E-state index in [4.69, 9.17) is 5.73 Å². The van der Waals surface area contributed by atoms with E-state index >= 15 is 0 Å². The van der Waals surface area contributed by atoms with Crippen molar-refractivity contribution < 1.29 is 0 Å². The molecule has 0 aromatic carbocycles. The number of nitrogens with two attached hydrogens (primary N) is 1. The molecule has 4 nitrogen and oxygen atoms in total. The quantitative estimate of drug-likeness (QED) is 0.893. The van der Waals surface area contributed by atoms with Crippen LogP contribution in [-0.4, -0.2) is 22.1 Å². The van der Waals surface area contributed by atoms with Gasteiger partial charge in [0.2, 0.25) is 0 Å². The largest absolute Gasteiger partial charge is 0.383 e. The first-order valence-corrected chi connectivity index (χ1v) is 6.94. The highest BCUT2D eigenvalue weighted by Crippen LogP contribution is 2.36. The number of nitrogens with zero attached hydrogens (tertiary/aromatic N) is 3. The molecular weight excluding hydrogens is 224 g/mol. The van der Waals surface area contributed by atoms with E-state index in [1.165, 1.54) is 12.8 Å². The van der Waals surface area contributed by atoms with Crippen LogP contribution in [0.1, 0.15) is 58.4 Å². The van der Waals surface area contributed by atoms with Gasteiger partial charge in [0.25, 0.3) is 0 Å². The van der Waals surface area contributed by atoms with Crippen LogP contribution in [0.4, 0.5) is 11.6 Å². The molecule has 2 rings (SSSR count). The lowest BCUT2D eigenvalue weighted by molar-refractivity contribution is 0.614. The van der Waals surface area contributed by atoms with E-state index in [0.717, 1.165) is 17.8 Å². The Morgan fingerprint density at radius 1 is 1.39 bits per heavy atom. The van der Waals surface area contributed by atoms with Crippen molar-refractivity contribution in [2.45, 2.75) is 65.0 Å². The molecule has 1 aromatic heterocycles. The minimum absolute atomic E-state index is 0.353. The summed E-state index contributed by atoms with van der Waals surface area (Å²) in [6, 6.07) is 1.13. The highest BCUT2D eigenvalue weighted by molar-refractivity contribution is 5.59. The predicted octanol–water partition coefficient (Wildman–Crippen LogP) is 2.95. The van der Waals surface area contributed by atoms with Crippen molar-refractivity contribution in [3.8, 4) is 0 Å². The van der Waals surface area contributed by atoms with E-state index in [-0.39, 0.29) is 0 Å². The third-order valence-corrected chi connectivity index (χ3v) is 3.97. The maximum absolute atomic E-state index is 6.04. The maximum atomic E-state index is 6.04. The zero-order valence-electron chi connectivity index (χ0n) is 11.8. The standard InChI is InChI=1S/C14H24N4/c1-5-11-7-6-10(4)18(11)14-12(9(2)3)13(15)16-8-17-14/h8-11H,5-7H2,1-4H3,(H2,15,16,17). The van der Waals surface area contributed by atoms with E-state index in [1.54, 1.807) is 6.33 Å². The molecule has 0 bridgehead atoms. The molecule has 2 heterocycles. The van der Waals surface area contributed by atoms with Gasteiger partial charge in [0.05, 0.1) is 0 Å². The van der Waals surface area contributed by atoms with Crippen LogP contribution < -0.4 is 10.6 Å². The summed E-state index contributed by atoms with van der Waals surface area (Å²) in [7, 11) is 0. The molecule has 0 saturated carbocycles. The van der Waals surface area contributed by atoms with Crippen LogP contribution in [0.3, 0.4) is 0 Å². The number of aromatic nitrogens is 2. The second kappa shape index (κ2) is 5.12. The van der Waals surface area contributed by atoms with Crippen molar-refractivity contribution in [2.24, 2.45) is 0 Å². The lowest BCUT2D eigenvalue weighted by Crippen LogP contribution is -2.36. The molecule has 4 heteroatoms. The highest BCUT2D eigenvalue weighted by atomic mass is 15.3. The Kier molecular flexibility index (Phi) is 3.73. The lowest BCUT2D eigenvalue weighted by Gasteiger charge is -2.31. The molecule has 18 heavy (non-hydrogen) atoms. The summed E-state index contributed by atoms with van der Waals surface area (Å²) < 4.78 is 0. The van der Waals surface area contributed by atoms with Crippen LogP contribution in [0.15, 0.2) is 6.33 Å². The third-order valence-electron chi connectivity index (χ3n) is 3.97. The van der Waals surface area contributed by atoms with Gasteiger partial charge in [0.15, 0.2) is 0 Å². The molecule has 2 N–H and O–H groups in total. The van der Waals surface area contributed by atoms with E-state index in [0.29, 0.717) is 23.8 Å². The Labute approximate surface area is 110 Å². The number of hydrogen-bond donors (Lipinski definition) is 1. The van der Waals surface area contributed by atoms with Crippen molar-refractivity contribution in [2.75, 3.05) is 10.6 Å². The Morgan fingerprint density at radius 3 is 2.72 bits per heavy atom. The highest BCUT2D eigenvalue weighted by Gasteiger charge is 2.32. The molecular formula is C14H24N4. The summed E-state index contributed by atoms with van der Waals surface area (Å²) in [6.07, 6.45) is 5.24. The van der Waals surface area contributed by atoms with Gasteiger partial charge in [-0.25, -0.2) is 9.97 Å². The van der Waals surface area contributed by atoms with Gasteiger partial charge in [-0.1, -0.05) is 20.8 Å². The molecule has 100 valence electrons. The molecule has 0 amide bonds. The van der Waals surface area contributed by atoms with Crippen LogP contribution in [0.2, 0.25) is 0 Å². The van der Waals surface area contributed by atoms with Gasteiger partial charge in [-0.15, -0.1) is 0 Å². The molecule has 0 radical (unpaired) electrons. The second-order valence-electron chi connectivity index (χ2n) is 5.55. The number of rotatable bonds is 3. The normalized spacial score (nSPS) is 23.9. The number of anilines is 2. The third kappa shape index (κ3) is 2.16. The van der Waals surface area contributed by atoms with Crippen LogP contribution in [0.25, 0.3) is 0 Å². The topological polar surface area (TPSA) is 55.0 Å². The Morgan fingerprint density at radius 2 is 2.11 bits per heavy atom. The van der Waals surface area contributed by atoms with Crippen molar-refractivity contribution >= 4 is 11.6 Å². The predicted molar refractivity (Wildman–Crippen MR) is 75.8 cm³/mol. The number of hydrogen-bond acceptors (Lipinski definition) is 4. The fourth-order valence-corrected chi connectivity index (χ4v) is 3.01. The molecule has 1 fully saturated rings. The average Bonchev–Trinajstić information content (AvgIpc) is 2.69. The SMILES string of the molecule is CCC1CCC(C)N1c1ncnc(N)c1C(C)C. The second-order valence-corrected chi connectivity index (χ2v) is 5.55. The molecule has 1 aliphatic heterocycles. The zero-order valence-corrected chi connectivity index (χ0v) is 11.8. The Bertz CT molecular complexity index is 416. The van der Waals surface area contributed by atoms with Gasteiger partial charge in [-0.2, -0.15) is 0 Å².